The molecule has 2 amide bonds. The van der Waals surface area contributed by atoms with E-state index in [0.717, 1.165) is 50.4 Å². The van der Waals surface area contributed by atoms with Crippen LogP contribution >= 0.6 is 0 Å². The summed E-state index contributed by atoms with van der Waals surface area (Å²) in [6.07, 6.45) is 0.351. The van der Waals surface area contributed by atoms with Crippen LogP contribution < -0.4 is 16.0 Å². The van der Waals surface area contributed by atoms with Gasteiger partial charge >= 0.3 is 12.2 Å². The Morgan fingerprint density at radius 3 is 2.43 bits per heavy atom. The number of amides is 2. The lowest BCUT2D eigenvalue weighted by Gasteiger charge is -2.34. The number of nitrogens with zero attached hydrogens (tertiary/aromatic N) is 6. The molecule has 1 aliphatic heterocycles. The van der Waals surface area contributed by atoms with E-state index < -0.39 is 23.9 Å². The molecule has 14 heteroatoms. The first-order valence-corrected chi connectivity index (χ1v) is 15.2. The number of rotatable bonds is 11. The second-order valence-electron chi connectivity index (χ2n) is 11.3. The molecular weight excluding hydrogens is 599 g/mol. The Balaban J connectivity index is 1.25. The number of halogens is 3. The van der Waals surface area contributed by atoms with Crippen LogP contribution in [0.3, 0.4) is 0 Å². The van der Waals surface area contributed by atoms with E-state index in [4.69, 9.17) is 0 Å². The molecule has 244 valence electrons. The second kappa shape index (κ2) is 14.7. The Morgan fingerprint density at radius 2 is 1.70 bits per heavy atom. The van der Waals surface area contributed by atoms with Gasteiger partial charge in [-0.3, -0.25) is 9.47 Å². The number of nitrogens with one attached hydrogen (secondary N) is 3. The minimum absolute atomic E-state index is 0.0693. The van der Waals surface area contributed by atoms with Gasteiger partial charge in [0.15, 0.2) is 0 Å². The van der Waals surface area contributed by atoms with Crippen LogP contribution in [0.2, 0.25) is 0 Å². The van der Waals surface area contributed by atoms with Gasteiger partial charge in [-0.05, 0) is 61.0 Å². The van der Waals surface area contributed by atoms with Gasteiger partial charge in [-0.1, -0.05) is 19.1 Å². The Kier molecular flexibility index (Phi) is 10.5. The third-order valence-electron chi connectivity index (χ3n) is 7.60. The van der Waals surface area contributed by atoms with E-state index in [-0.39, 0.29) is 5.69 Å². The second-order valence-corrected chi connectivity index (χ2v) is 11.3. The lowest BCUT2D eigenvalue weighted by Crippen LogP contribution is -2.45. The first kappa shape index (κ1) is 32.9. The number of alkyl halides is 3. The van der Waals surface area contributed by atoms with Crippen LogP contribution in [0, 0.1) is 0 Å². The molecule has 3 heterocycles. The van der Waals surface area contributed by atoms with Crippen molar-refractivity contribution in [3.63, 3.8) is 0 Å². The average Bonchev–Trinajstić information content (AvgIpc) is 3.48. The Hall–Kier alpha value is -4.53. The normalized spacial score (nSPS) is 15.0. The third-order valence-corrected chi connectivity index (χ3v) is 7.60. The molecule has 1 atom stereocenters. The van der Waals surface area contributed by atoms with Gasteiger partial charge in [-0.2, -0.15) is 18.2 Å². The summed E-state index contributed by atoms with van der Waals surface area (Å²) in [5.74, 6) is 1.65. The van der Waals surface area contributed by atoms with Crippen LogP contribution in [-0.4, -0.2) is 85.8 Å². The lowest BCUT2D eigenvalue weighted by atomic mass is 10.1. The third kappa shape index (κ3) is 9.02. The average molecular weight is 638 g/mol. The quantitative estimate of drug-likeness (QED) is 0.184. The van der Waals surface area contributed by atoms with E-state index >= 15 is 0 Å². The fraction of sp³-hybridized carbons (Fsp3) is 0.375. The minimum Gasteiger partial charge on any atom is -0.392 e. The fourth-order valence-electron chi connectivity index (χ4n) is 5.26. The molecule has 1 fully saturated rings. The smallest absolute Gasteiger partial charge is 0.392 e. The lowest BCUT2D eigenvalue weighted by molar-refractivity contribution is -0.137. The van der Waals surface area contributed by atoms with Crippen molar-refractivity contribution >= 4 is 23.4 Å². The zero-order valence-electron chi connectivity index (χ0n) is 25.8. The number of urea groups is 1. The topological polar surface area (TPSA) is 123 Å². The molecular formula is C32H38F3N9O2. The molecule has 0 saturated carbocycles. The molecule has 0 bridgehead atoms. The summed E-state index contributed by atoms with van der Waals surface area (Å²) in [7, 11) is 0. The van der Waals surface area contributed by atoms with E-state index in [1.165, 1.54) is 0 Å². The Bertz CT molecular complexity index is 1620. The van der Waals surface area contributed by atoms with Crippen molar-refractivity contribution in [1.82, 2.24) is 29.3 Å². The number of hydrogen-bond donors (Lipinski definition) is 4. The minimum atomic E-state index is -4.55. The van der Waals surface area contributed by atoms with Crippen molar-refractivity contribution in [2.24, 2.45) is 0 Å². The van der Waals surface area contributed by atoms with Gasteiger partial charge in [-0.15, -0.1) is 0 Å². The number of hydrogen-bond acceptors (Lipinski definition) is 8. The number of anilines is 3. The number of carbonyl (C=O) groups excluding carboxylic acids is 1. The number of benzene rings is 2. The Morgan fingerprint density at radius 1 is 0.957 bits per heavy atom. The van der Waals surface area contributed by atoms with Crippen molar-refractivity contribution in [3.05, 3.63) is 89.6 Å². The number of aromatic nitrogens is 4. The molecule has 0 spiro atoms. The van der Waals surface area contributed by atoms with Crippen LogP contribution in [-0.2, 0) is 19.1 Å². The first-order chi connectivity index (χ1) is 22.1. The highest BCUT2D eigenvalue weighted by atomic mass is 19.4. The predicted molar refractivity (Wildman–Crippen MR) is 170 cm³/mol. The first-order valence-electron chi connectivity index (χ1n) is 15.2. The van der Waals surface area contributed by atoms with E-state index in [0.29, 0.717) is 48.4 Å². The van der Waals surface area contributed by atoms with E-state index in [1.54, 1.807) is 55.8 Å². The number of imidazole rings is 1. The predicted octanol–water partition coefficient (Wildman–Crippen LogP) is 4.85. The molecule has 4 N–H and O–H groups in total. The molecule has 46 heavy (non-hydrogen) atoms. The van der Waals surface area contributed by atoms with Crippen molar-refractivity contribution in [1.29, 1.82) is 0 Å². The number of aliphatic hydroxyl groups excluding tert-OH is 1. The SMILES string of the molecule is CCN1CCN(Cc2cc(NC(=O)Nc3cccc(Cc4nccn4-c4ccnc(NC[C@H](C)O)n4)c3)cc(C(F)(F)F)c2)CC1. The fourth-order valence-corrected chi connectivity index (χ4v) is 5.26. The van der Waals surface area contributed by atoms with E-state index in [2.05, 4.69) is 47.6 Å². The number of aliphatic hydroxyl groups is 1. The van der Waals surface area contributed by atoms with Crippen molar-refractivity contribution in [2.75, 3.05) is 55.2 Å². The van der Waals surface area contributed by atoms with Gasteiger partial charge in [0.25, 0.3) is 0 Å². The molecule has 2 aromatic heterocycles. The zero-order valence-corrected chi connectivity index (χ0v) is 25.8. The summed E-state index contributed by atoms with van der Waals surface area (Å²) in [5.41, 5.74) is 1.07. The summed E-state index contributed by atoms with van der Waals surface area (Å²) in [5, 5.41) is 17.8. The van der Waals surface area contributed by atoms with Crippen LogP contribution in [0.4, 0.5) is 35.3 Å². The maximum Gasteiger partial charge on any atom is 0.416 e. The summed E-state index contributed by atoms with van der Waals surface area (Å²) >= 11 is 0. The van der Waals surface area contributed by atoms with Crippen molar-refractivity contribution in [2.45, 2.75) is 39.1 Å². The van der Waals surface area contributed by atoms with E-state index in [1.807, 2.05) is 10.6 Å². The molecule has 0 unspecified atom stereocenters. The summed E-state index contributed by atoms with van der Waals surface area (Å²) in [6.45, 7) is 8.65. The van der Waals surface area contributed by atoms with Gasteiger partial charge in [0.1, 0.15) is 11.6 Å². The van der Waals surface area contributed by atoms with Gasteiger partial charge in [0.2, 0.25) is 5.95 Å². The highest BCUT2D eigenvalue weighted by molar-refractivity contribution is 5.99. The molecule has 2 aromatic carbocycles. The van der Waals surface area contributed by atoms with Gasteiger partial charge < -0.3 is 26.0 Å². The van der Waals surface area contributed by atoms with Crippen molar-refractivity contribution in [3.8, 4) is 5.82 Å². The standard InChI is InChI=1S/C32H38F3N9O2/c1-3-42-11-13-43(14-12-42)21-24-15-25(32(33,34)35)19-27(17-24)40-31(46)39-26-6-4-5-23(16-26)18-29-36-9-10-44(29)28-7-8-37-30(41-28)38-20-22(2)45/h4-10,15-17,19,22,45H,3,11-14,18,20-21H2,1-2H3,(H,37,38,41)(H2,39,40,46)/t22-/m0/s1. The largest absolute Gasteiger partial charge is 0.416 e. The number of likely N-dealkylation sites (N-methyl/N-ethyl adjacent to an activating group) is 1. The highest BCUT2D eigenvalue weighted by Gasteiger charge is 2.31. The summed E-state index contributed by atoms with van der Waals surface area (Å²) in [6, 6.07) is 11.9. The Labute approximate surface area is 265 Å². The van der Waals surface area contributed by atoms with E-state index in [9.17, 15) is 23.1 Å². The van der Waals surface area contributed by atoms with Crippen LogP contribution in [0.25, 0.3) is 5.82 Å². The summed E-state index contributed by atoms with van der Waals surface area (Å²) in [4.78, 5) is 30.5. The van der Waals surface area contributed by atoms with Crippen LogP contribution in [0.5, 0.6) is 0 Å². The highest BCUT2D eigenvalue weighted by Crippen LogP contribution is 2.32. The van der Waals surface area contributed by atoms with Gasteiger partial charge in [-0.25, -0.2) is 14.8 Å². The molecule has 11 nitrogen and oxygen atoms in total. The molecule has 5 rings (SSSR count). The maximum atomic E-state index is 13.8. The molecule has 0 radical (unpaired) electrons. The molecule has 1 aliphatic rings. The van der Waals surface area contributed by atoms with Crippen LogP contribution in [0.1, 0.15) is 36.4 Å². The molecule has 0 aliphatic carbocycles. The zero-order chi connectivity index (χ0) is 32.7. The number of piperazine rings is 1. The molecule has 4 aromatic rings. The summed E-state index contributed by atoms with van der Waals surface area (Å²) < 4.78 is 43.1. The van der Waals surface area contributed by atoms with Crippen molar-refractivity contribution < 1.29 is 23.1 Å². The maximum absolute atomic E-state index is 13.8. The van der Waals surface area contributed by atoms with Gasteiger partial charge in [0, 0.05) is 75.7 Å². The number of carbonyl (C=O) groups is 1. The van der Waals surface area contributed by atoms with Gasteiger partial charge in [0.05, 0.1) is 11.7 Å². The molecule has 1 saturated heterocycles. The van der Waals surface area contributed by atoms with Crippen LogP contribution in [0.15, 0.2) is 67.1 Å². The monoisotopic (exact) mass is 637 g/mol.